The molecule has 1 aliphatic heterocycles. The third-order valence-corrected chi connectivity index (χ3v) is 3.34. The lowest BCUT2D eigenvalue weighted by atomic mass is 10.3. The van der Waals surface area contributed by atoms with Gasteiger partial charge >= 0.3 is 0 Å². The van der Waals surface area contributed by atoms with Crippen LogP contribution < -0.4 is 0 Å². The maximum absolute atomic E-state index is 11.1. The number of hydrogen-bond acceptors (Lipinski definition) is 4. The fourth-order valence-corrected chi connectivity index (χ4v) is 2.48. The van der Waals surface area contributed by atoms with Gasteiger partial charge in [0, 0.05) is 19.4 Å². The van der Waals surface area contributed by atoms with Crippen LogP contribution >= 0.6 is 12.4 Å². The van der Waals surface area contributed by atoms with E-state index in [2.05, 4.69) is 0 Å². The zero-order chi connectivity index (χ0) is 10.8. The van der Waals surface area contributed by atoms with E-state index in [0.29, 0.717) is 13.1 Å². The molecular weight excluding hydrogens is 240 g/mol. The molecule has 0 amide bonds. The van der Waals surface area contributed by atoms with E-state index in [0.717, 1.165) is 6.42 Å². The highest BCUT2D eigenvalue weighted by molar-refractivity contribution is 7.86. The number of rotatable bonds is 4. The third kappa shape index (κ3) is 3.89. The Hall–Kier alpha value is -0.460. The maximum atomic E-state index is 11.1. The van der Waals surface area contributed by atoms with Crippen LogP contribution in [0.25, 0.3) is 0 Å². The molecule has 0 bridgehead atoms. The Morgan fingerprint density at radius 1 is 1.47 bits per heavy atom. The Kier molecular flexibility index (Phi) is 5.41. The van der Waals surface area contributed by atoms with Crippen LogP contribution in [0.2, 0.25) is 0 Å². The SMILES string of the molecule is CCCC(N1C=CN(C)C1)S(=O)(=O)O.Cl. The summed E-state index contributed by atoms with van der Waals surface area (Å²) < 4.78 is 31.2. The minimum Gasteiger partial charge on any atom is -0.362 e. The molecule has 0 aromatic rings. The molecule has 1 aliphatic rings. The second-order valence-electron chi connectivity index (χ2n) is 3.47. The first-order valence-electron chi connectivity index (χ1n) is 4.55. The van der Waals surface area contributed by atoms with Gasteiger partial charge in [-0.05, 0) is 6.42 Å². The molecule has 0 spiro atoms. The van der Waals surface area contributed by atoms with E-state index in [1.807, 2.05) is 18.9 Å². The molecule has 15 heavy (non-hydrogen) atoms. The van der Waals surface area contributed by atoms with Gasteiger partial charge in [-0.15, -0.1) is 12.4 Å². The van der Waals surface area contributed by atoms with Crippen LogP contribution in [0, 0.1) is 0 Å². The molecule has 0 radical (unpaired) electrons. The average Bonchev–Trinajstić information content (AvgIpc) is 2.45. The zero-order valence-corrected chi connectivity index (χ0v) is 10.5. The molecule has 1 rings (SSSR count). The van der Waals surface area contributed by atoms with Crippen molar-refractivity contribution in [1.82, 2.24) is 9.80 Å². The summed E-state index contributed by atoms with van der Waals surface area (Å²) in [5.74, 6) is 0. The summed E-state index contributed by atoms with van der Waals surface area (Å²) in [6.07, 6.45) is 4.64. The maximum Gasteiger partial charge on any atom is 0.286 e. The van der Waals surface area contributed by atoms with Crippen molar-refractivity contribution in [2.75, 3.05) is 13.7 Å². The van der Waals surface area contributed by atoms with E-state index >= 15 is 0 Å². The van der Waals surface area contributed by atoms with E-state index < -0.39 is 15.5 Å². The molecule has 90 valence electrons. The predicted octanol–water partition coefficient (Wildman–Crippen LogP) is 1.10. The Bertz CT molecular complexity index is 318. The average molecular weight is 257 g/mol. The van der Waals surface area contributed by atoms with Crippen LogP contribution in [0.5, 0.6) is 0 Å². The molecule has 0 saturated carbocycles. The van der Waals surface area contributed by atoms with E-state index in [-0.39, 0.29) is 12.4 Å². The van der Waals surface area contributed by atoms with Gasteiger partial charge in [-0.1, -0.05) is 13.3 Å². The summed E-state index contributed by atoms with van der Waals surface area (Å²) >= 11 is 0. The Balaban J connectivity index is 0.00000196. The van der Waals surface area contributed by atoms with Crippen molar-refractivity contribution in [3.8, 4) is 0 Å². The summed E-state index contributed by atoms with van der Waals surface area (Å²) in [7, 11) is -2.14. The van der Waals surface area contributed by atoms with Crippen molar-refractivity contribution in [3.05, 3.63) is 12.4 Å². The molecule has 1 unspecified atom stereocenters. The highest BCUT2D eigenvalue weighted by Gasteiger charge is 2.29. The molecule has 7 heteroatoms. The van der Waals surface area contributed by atoms with E-state index in [1.165, 1.54) is 0 Å². The van der Waals surface area contributed by atoms with Crippen molar-refractivity contribution in [2.45, 2.75) is 25.1 Å². The first-order chi connectivity index (χ1) is 6.45. The zero-order valence-electron chi connectivity index (χ0n) is 8.83. The second kappa shape index (κ2) is 5.58. The minimum atomic E-state index is -3.99. The largest absolute Gasteiger partial charge is 0.362 e. The molecule has 1 atom stereocenters. The normalized spacial score (nSPS) is 17.8. The molecule has 1 N–H and O–H groups in total. The van der Waals surface area contributed by atoms with Gasteiger partial charge in [0.1, 0.15) is 0 Å². The van der Waals surface area contributed by atoms with Crippen molar-refractivity contribution < 1.29 is 13.0 Å². The molecular formula is C8H17ClN2O3S. The fourth-order valence-electron chi connectivity index (χ4n) is 1.47. The summed E-state index contributed by atoms with van der Waals surface area (Å²) in [5, 5.41) is -0.811. The van der Waals surface area contributed by atoms with Gasteiger partial charge in [0.15, 0.2) is 5.37 Å². The first-order valence-corrected chi connectivity index (χ1v) is 6.06. The minimum absolute atomic E-state index is 0. The van der Waals surface area contributed by atoms with Gasteiger partial charge in [0.2, 0.25) is 0 Å². The molecule has 0 fully saturated rings. The molecule has 5 nitrogen and oxygen atoms in total. The van der Waals surface area contributed by atoms with E-state index in [4.69, 9.17) is 4.55 Å². The van der Waals surface area contributed by atoms with Crippen LogP contribution in [0.1, 0.15) is 19.8 Å². The predicted molar refractivity (Wildman–Crippen MR) is 61.1 cm³/mol. The van der Waals surface area contributed by atoms with Crippen molar-refractivity contribution in [3.63, 3.8) is 0 Å². The van der Waals surface area contributed by atoms with Gasteiger partial charge in [-0.25, -0.2) is 0 Å². The lowest BCUT2D eigenvalue weighted by Gasteiger charge is -2.25. The number of halogens is 1. The molecule has 0 aromatic heterocycles. The summed E-state index contributed by atoms with van der Waals surface area (Å²) in [5.41, 5.74) is 0. The molecule has 0 aromatic carbocycles. The number of nitrogens with zero attached hydrogens (tertiary/aromatic N) is 2. The quantitative estimate of drug-likeness (QED) is 0.764. The van der Waals surface area contributed by atoms with Crippen LogP contribution in [0.3, 0.4) is 0 Å². The van der Waals surface area contributed by atoms with Gasteiger partial charge in [0.25, 0.3) is 10.1 Å². The van der Waals surface area contributed by atoms with Gasteiger partial charge in [0.05, 0.1) is 6.67 Å². The molecule has 1 heterocycles. The second-order valence-corrected chi connectivity index (χ2v) is 5.04. The monoisotopic (exact) mass is 256 g/mol. The lowest BCUT2D eigenvalue weighted by molar-refractivity contribution is 0.255. The first kappa shape index (κ1) is 14.5. The van der Waals surface area contributed by atoms with E-state index in [9.17, 15) is 8.42 Å². The molecule has 0 saturated heterocycles. The highest BCUT2D eigenvalue weighted by Crippen LogP contribution is 2.17. The third-order valence-electron chi connectivity index (χ3n) is 2.15. The standard InChI is InChI=1S/C8H16N2O3S.ClH/c1-3-4-8(14(11,12)13)10-6-5-9(2)7-10;/h5-6,8H,3-4,7H2,1-2H3,(H,11,12,13);1H. The van der Waals surface area contributed by atoms with Gasteiger partial charge < -0.3 is 9.80 Å². The van der Waals surface area contributed by atoms with Crippen LogP contribution in [-0.4, -0.2) is 41.9 Å². The smallest absolute Gasteiger partial charge is 0.286 e. The van der Waals surface area contributed by atoms with Gasteiger partial charge in [-0.3, -0.25) is 4.55 Å². The Morgan fingerprint density at radius 3 is 2.40 bits per heavy atom. The van der Waals surface area contributed by atoms with Crippen molar-refractivity contribution in [1.29, 1.82) is 0 Å². The summed E-state index contributed by atoms with van der Waals surface area (Å²) in [6, 6.07) is 0. The van der Waals surface area contributed by atoms with Crippen LogP contribution in [0.4, 0.5) is 0 Å². The van der Waals surface area contributed by atoms with Gasteiger partial charge in [-0.2, -0.15) is 8.42 Å². The Labute approximate surface area is 96.9 Å². The highest BCUT2D eigenvalue weighted by atomic mass is 35.5. The van der Waals surface area contributed by atoms with E-state index in [1.54, 1.807) is 17.3 Å². The summed E-state index contributed by atoms with van der Waals surface area (Å²) in [6.45, 7) is 2.39. The molecule has 0 aliphatic carbocycles. The van der Waals surface area contributed by atoms with Crippen LogP contribution in [0.15, 0.2) is 12.4 Å². The van der Waals surface area contributed by atoms with Crippen LogP contribution in [-0.2, 0) is 10.1 Å². The lowest BCUT2D eigenvalue weighted by Crippen LogP contribution is -2.38. The van der Waals surface area contributed by atoms with Crippen molar-refractivity contribution in [2.24, 2.45) is 0 Å². The Morgan fingerprint density at radius 2 is 2.07 bits per heavy atom. The summed E-state index contributed by atoms with van der Waals surface area (Å²) in [4.78, 5) is 3.48. The number of hydrogen-bond donors (Lipinski definition) is 1. The fraction of sp³-hybridized carbons (Fsp3) is 0.750. The van der Waals surface area contributed by atoms with Crippen molar-refractivity contribution >= 4 is 22.5 Å². The topological polar surface area (TPSA) is 60.9 Å².